The minimum absolute atomic E-state index is 0.0785. The predicted octanol–water partition coefficient (Wildman–Crippen LogP) is 0.365. The third-order valence-electron chi connectivity index (χ3n) is 3.19. The van der Waals surface area contributed by atoms with Crippen molar-refractivity contribution >= 4 is 21.7 Å². The molecular formula is C12H21NO5S. The minimum atomic E-state index is -3.32. The molecule has 1 amide bonds. The first-order valence-corrected chi connectivity index (χ1v) is 8.22. The van der Waals surface area contributed by atoms with E-state index in [1.54, 1.807) is 6.92 Å². The molecule has 1 saturated heterocycles. The molecule has 0 aromatic carbocycles. The first-order valence-electron chi connectivity index (χ1n) is 6.50. The van der Waals surface area contributed by atoms with Crippen molar-refractivity contribution in [3.8, 4) is 0 Å². The van der Waals surface area contributed by atoms with E-state index in [1.165, 1.54) is 11.9 Å². The Bertz CT molecular complexity index is 431. The zero-order valence-corrected chi connectivity index (χ0v) is 12.2. The van der Waals surface area contributed by atoms with Crippen LogP contribution < -0.4 is 0 Å². The maximum Gasteiger partial charge on any atom is 0.307 e. The topological polar surface area (TPSA) is 80.8 Å². The molecule has 0 spiro atoms. The maximum atomic E-state index is 12.1. The van der Waals surface area contributed by atoms with Crippen molar-refractivity contribution in [1.82, 2.24) is 4.90 Å². The molecule has 0 aromatic rings. The fraction of sp³-hybridized carbons (Fsp3) is 0.833. The van der Waals surface area contributed by atoms with Gasteiger partial charge in [0.25, 0.3) is 0 Å². The highest BCUT2D eigenvalue weighted by molar-refractivity contribution is 7.92. The van der Waals surface area contributed by atoms with Crippen LogP contribution in [0.25, 0.3) is 0 Å². The van der Waals surface area contributed by atoms with Crippen molar-refractivity contribution in [1.29, 1.82) is 0 Å². The van der Waals surface area contributed by atoms with Crippen molar-refractivity contribution in [3.63, 3.8) is 0 Å². The fourth-order valence-corrected chi connectivity index (χ4v) is 3.98. The average Bonchev–Trinajstić information content (AvgIpc) is 2.35. The van der Waals surface area contributed by atoms with Gasteiger partial charge in [0.2, 0.25) is 5.91 Å². The van der Waals surface area contributed by atoms with E-state index < -0.39 is 21.0 Å². The van der Waals surface area contributed by atoms with Crippen molar-refractivity contribution in [2.24, 2.45) is 0 Å². The van der Waals surface area contributed by atoms with Gasteiger partial charge in [-0.1, -0.05) is 6.42 Å². The Morgan fingerprint density at radius 2 is 2.00 bits per heavy atom. The first kappa shape index (κ1) is 15.9. The number of carbonyl (C=O) groups excluding carboxylic acids is 2. The van der Waals surface area contributed by atoms with Gasteiger partial charge in [-0.05, 0) is 19.8 Å². The number of esters is 1. The largest absolute Gasteiger partial charge is 0.466 e. The zero-order valence-electron chi connectivity index (χ0n) is 11.4. The van der Waals surface area contributed by atoms with E-state index in [2.05, 4.69) is 0 Å². The molecule has 0 saturated carbocycles. The van der Waals surface area contributed by atoms with Crippen LogP contribution in [-0.2, 0) is 24.2 Å². The van der Waals surface area contributed by atoms with Crippen LogP contribution in [-0.4, -0.2) is 56.4 Å². The SMILES string of the molecule is CCOC(=O)CCN(C)C(=O)C1CCCCS1(=O)=O. The van der Waals surface area contributed by atoms with E-state index in [4.69, 9.17) is 4.74 Å². The van der Waals surface area contributed by atoms with Crippen LogP contribution in [0.5, 0.6) is 0 Å². The highest BCUT2D eigenvalue weighted by atomic mass is 32.2. The number of carbonyl (C=O) groups is 2. The summed E-state index contributed by atoms with van der Waals surface area (Å²) in [5.74, 6) is -0.715. The van der Waals surface area contributed by atoms with E-state index >= 15 is 0 Å². The molecule has 19 heavy (non-hydrogen) atoms. The van der Waals surface area contributed by atoms with Gasteiger partial charge in [0.05, 0.1) is 18.8 Å². The molecule has 0 bridgehead atoms. The standard InChI is InChI=1S/C12H21NO5S/c1-3-18-11(14)7-8-13(2)12(15)10-6-4-5-9-19(10,16)17/h10H,3-9H2,1-2H3. The maximum absolute atomic E-state index is 12.1. The molecule has 1 aliphatic heterocycles. The third kappa shape index (κ3) is 4.49. The second kappa shape index (κ2) is 6.88. The second-order valence-electron chi connectivity index (χ2n) is 4.67. The highest BCUT2D eigenvalue weighted by Gasteiger charge is 2.36. The summed E-state index contributed by atoms with van der Waals surface area (Å²) in [6.45, 7) is 2.19. The molecule has 1 unspecified atom stereocenters. The number of nitrogens with zero attached hydrogens (tertiary/aromatic N) is 1. The Kier molecular flexibility index (Phi) is 5.78. The Morgan fingerprint density at radius 3 is 2.58 bits per heavy atom. The molecular weight excluding hydrogens is 270 g/mol. The highest BCUT2D eigenvalue weighted by Crippen LogP contribution is 2.21. The van der Waals surface area contributed by atoms with E-state index in [9.17, 15) is 18.0 Å². The van der Waals surface area contributed by atoms with Crippen LogP contribution in [0.15, 0.2) is 0 Å². The average molecular weight is 291 g/mol. The van der Waals surface area contributed by atoms with Crippen LogP contribution in [0.4, 0.5) is 0 Å². The van der Waals surface area contributed by atoms with E-state index in [-0.39, 0.29) is 24.7 Å². The number of hydrogen-bond acceptors (Lipinski definition) is 5. The van der Waals surface area contributed by atoms with Gasteiger partial charge in [0.1, 0.15) is 5.25 Å². The molecule has 6 nitrogen and oxygen atoms in total. The molecule has 1 rings (SSSR count). The number of sulfone groups is 1. The Hall–Kier alpha value is -1.11. The Labute approximate surface area is 114 Å². The molecule has 0 aliphatic carbocycles. The number of hydrogen-bond donors (Lipinski definition) is 0. The van der Waals surface area contributed by atoms with Crippen LogP contribution >= 0.6 is 0 Å². The lowest BCUT2D eigenvalue weighted by molar-refractivity contribution is -0.143. The van der Waals surface area contributed by atoms with E-state index in [0.29, 0.717) is 19.4 Å². The lowest BCUT2D eigenvalue weighted by atomic mass is 10.1. The van der Waals surface area contributed by atoms with Gasteiger partial charge >= 0.3 is 5.97 Å². The Morgan fingerprint density at radius 1 is 1.32 bits per heavy atom. The minimum Gasteiger partial charge on any atom is -0.466 e. The molecule has 0 radical (unpaired) electrons. The van der Waals surface area contributed by atoms with Crippen molar-refractivity contribution in [3.05, 3.63) is 0 Å². The molecule has 110 valence electrons. The molecule has 0 N–H and O–H groups in total. The molecule has 7 heteroatoms. The lowest BCUT2D eigenvalue weighted by Gasteiger charge is -2.26. The summed E-state index contributed by atoms with van der Waals surface area (Å²) in [6, 6.07) is 0. The predicted molar refractivity (Wildman–Crippen MR) is 70.3 cm³/mol. The normalized spacial score (nSPS) is 21.7. The lowest BCUT2D eigenvalue weighted by Crippen LogP contribution is -2.44. The van der Waals surface area contributed by atoms with Gasteiger partial charge < -0.3 is 9.64 Å². The molecule has 1 fully saturated rings. The summed E-state index contributed by atoms with van der Waals surface area (Å²) in [5.41, 5.74) is 0. The van der Waals surface area contributed by atoms with Gasteiger partial charge in [-0.2, -0.15) is 0 Å². The van der Waals surface area contributed by atoms with Gasteiger partial charge in [-0.15, -0.1) is 0 Å². The number of amides is 1. The van der Waals surface area contributed by atoms with E-state index in [0.717, 1.165) is 6.42 Å². The van der Waals surface area contributed by atoms with Crippen LogP contribution in [0.3, 0.4) is 0 Å². The summed E-state index contributed by atoms with van der Waals surface area (Å²) >= 11 is 0. The fourth-order valence-electron chi connectivity index (χ4n) is 2.08. The zero-order chi connectivity index (χ0) is 14.5. The van der Waals surface area contributed by atoms with Gasteiger partial charge in [0, 0.05) is 13.6 Å². The number of rotatable bonds is 5. The van der Waals surface area contributed by atoms with E-state index in [1.807, 2.05) is 0 Å². The van der Waals surface area contributed by atoms with Gasteiger partial charge in [0.15, 0.2) is 9.84 Å². The molecule has 1 aliphatic rings. The molecule has 1 heterocycles. The van der Waals surface area contributed by atoms with Crippen molar-refractivity contribution < 1.29 is 22.7 Å². The van der Waals surface area contributed by atoms with Gasteiger partial charge in [-0.25, -0.2) is 8.42 Å². The van der Waals surface area contributed by atoms with Crippen LogP contribution in [0.2, 0.25) is 0 Å². The second-order valence-corrected chi connectivity index (χ2v) is 6.97. The summed E-state index contributed by atoms with van der Waals surface area (Å²) in [7, 11) is -1.80. The molecule has 0 aromatic heterocycles. The van der Waals surface area contributed by atoms with Crippen molar-refractivity contribution in [2.75, 3.05) is 26.0 Å². The van der Waals surface area contributed by atoms with Crippen LogP contribution in [0, 0.1) is 0 Å². The monoisotopic (exact) mass is 291 g/mol. The van der Waals surface area contributed by atoms with Crippen LogP contribution in [0.1, 0.15) is 32.6 Å². The summed E-state index contributed by atoms with van der Waals surface area (Å²) < 4.78 is 28.4. The number of ether oxygens (including phenoxy) is 1. The smallest absolute Gasteiger partial charge is 0.307 e. The summed E-state index contributed by atoms with van der Waals surface area (Å²) in [6.07, 6.45) is 1.84. The third-order valence-corrected chi connectivity index (χ3v) is 5.35. The first-order chi connectivity index (χ1) is 8.88. The molecule has 1 atom stereocenters. The van der Waals surface area contributed by atoms with Crippen molar-refractivity contribution in [2.45, 2.75) is 37.9 Å². The quantitative estimate of drug-likeness (QED) is 0.683. The summed E-state index contributed by atoms with van der Waals surface area (Å²) in [4.78, 5) is 24.6. The van der Waals surface area contributed by atoms with Gasteiger partial charge in [-0.3, -0.25) is 9.59 Å². The Balaban J connectivity index is 2.54. The summed E-state index contributed by atoms with van der Waals surface area (Å²) in [5, 5.41) is -0.937.